The van der Waals surface area contributed by atoms with Gasteiger partial charge in [0.25, 0.3) is 11.8 Å². The minimum atomic E-state index is -0.814. The molecule has 246 valence electrons. The van der Waals surface area contributed by atoms with Crippen LogP contribution >= 0.6 is 67.8 Å². The Morgan fingerprint density at radius 1 is 0.727 bits per heavy atom. The van der Waals surface area contributed by atoms with Gasteiger partial charge in [-0.2, -0.15) is 0 Å². The van der Waals surface area contributed by atoms with Crippen LogP contribution in [0.15, 0.2) is 0 Å². The van der Waals surface area contributed by atoms with Crippen molar-refractivity contribution < 1.29 is 42.8 Å². The molecule has 13 nitrogen and oxygen atoms in total. The van der Waals surface area contributed by atoms with Gasteiger partial charge in [-0.15, -0.1) is 0 Å². The number of hydrogen-bond donors (Lipinski definition) is 3. The van der Waals surface area contributed by atoms with Gasteiger partial charge < -0.3 is 49.7 Å². The first kappa shape index (κ1) is 36.4. The summed E-state index contributed by atoms with van der Waals surface area (Å²) in [6, 6.07) is 0. The molecule has 44 heavy (non-hydrogen) atoms. The minimum Gasteiger partial charge on any atom is -0.349 e. The molecule has 3 aliphatic rings. The van der Waals surface area contributed by atoms with Crippen LogP contribution in [0.4, 0.5) is 5.69 Å². The maximum absolute atomic E-state index is 13.8. The van der Waals surface area contributed by atoms with E-state index in [9.17, 15) is 14.4 Å². The van der Waals surface area contributed by atoms with Crippen molar-refractivity contribution in [3.8, 4) is 0 Å². The number of carbonyl (C=O) groups excluding carboxylic acids is 3. The summed E-state index contributed by atoms with van der Waals surface area (Å²) in [5.41, 5.74) is 6.77. The number of benzene rings is 1. The normalized spacial score (nSPS) is 25.2. The van der Waals surface area contributed by atoms with Crippen molar-refractivity contribution in [1.82, 2.24) is 10.6 Å². The van der Waals surface area contributed by atoms with Crippen LogP contribution in [-0.4, -0.2) is 99.4 Å². The highest BCUT2D eigenvalue weighted by atomic mass is 127. The molecule has 1 aromatic carbocycles. The molecule has 3 unspecified atom stereocenters. The number of nitrogens with two attached hydrogens (primary N) is 1. The van der Waals surface area contributed by atoms with E-state index in [0.29, 0.717) is 29.6 Å². The smallest absolute Gasteiger partial charge is 0.253 e. The molecule has 0 bridgehead atoms. The van der Waals surface area contributed by atoms with E-state index in [0.717, 1.165) is 0 Å². The third-order valence-corrected chi connectivity index (χ3v) is 10.2. The largest absolute Gasteiger partial charge is 0.349 e. The van der Waals surface area contributed by atoms with Crippen molar-refractivity contribution >= 4 is 91.2 Å². The zero-order valence-electron chi connectivity index (χ0n) is 25.5. The van der Waals surface area contributed by atoms with Crippen molar-refractivity contribution in [1.29, 1.82) is 0 Å². The van der Waals surface area contributed by atoms with Crippen LogP contribution in [-0.2, 0) is 33.2 Å². The lowest BCUT2D eigenvalue weighted by molar-refractivity contribution is -0.138. The highest BCUT2D eigenvalue weighted by molar-refractivity contribution is 14.1. The molecule has 16 heteroatoms. The minimum absolute atomic E-state index is 0.110. The van der Waals surface area contributed by atoms with Crippen LogP contribution in [0.1, 0.15) is 62.3 Å². The summed E-state index contributed by atoms with van der Waals surface area (Å²) in [5, 5.41) is 5.86. The molecule has 3 atom stereocenters. The first-order chi connectivity index (χ1) is 20.4. The van der Waals surface area contributed by atoms with Gasteiger partial charge in [0.1, 0.15) is 18.3 Å². The van der Waals surface area contributed by atoms with Gasteiger partial charge in [0.2, 0.25) is 5.91 Å². The number of amides is 3. The lowest BCUT2D eigenvalue weighted by atomic mass is 10.1. The molecule has 0 radical (unpaired) electrons. The van der Waals surface area contributed by atoms with E-state index in [2.05, 4.69) is 55.8 Å². The maximum Gasteiger partial charge on any atom is 0.253 e. The van der Waals surface area contributed by atoms with Gasteiger partial charge in [-0.05, 0) is 109 Å². The number of nitrogens with zero attached hydrogens (tertiary/aromatic N) is 1. The zero-order valence-corrected chi connectivity index (χ0v) is 32.0. The summed E-state index contributed by atoms with van der Waals surface area (Å²) in [6.07, 6.45) is -1.13. The molecule has 3 amide bonds. The molecule has 0 spiro atoms. The molecule has 0 saturated carbocycles. The van der Waals surface area contributed by atoms with Crippen LogP contribution in [0.5, 0.6) is 0 Å². The Morgan fingerprint density at radius 2 is 1.11 bits per heavy atom. The first-order valence-corrected chi connectivity index (χ1v) is 17.4. The molecule has 3 saturated heterocycles. The number of carbonyl (C=O) groups is 3. The van der Waals surface area contributed by atoms with Gasteiger partial charge in [-0.3, -0.25) is 14.4 Å². The summed E-state index contributed by atoms with van der Waals surface area (Å²) < 4.78 is 36.1. The topological polar surface area (TPSA) is 160 Å². The zero-order chi connectivity index (χ0) is 32.6. The Morgan fingerprint density at radius 3 is 1.45 bits per heavy atom. The van der Waals surface area contributed by atoms with Crippen molar-refractivity contribution in [2.24, 2.45) is 5.73 Å². The van der Waals surface area contributed by atoms with Crippen LogP contribution in [0.2, 0.25) is 0 Å². The Kier molecular flexibility index (Phi) is 11.9. The Labute approximate surface area is 298 Å². The third-order valence-electron chi connectivity index (χ3n) is 7.06. The summed E-state index contributed by atoms with van der Waals surface area (Å²) in [6.45, 7) is 12.0. The molecule has 0 aliphatic carbocycles. The molecular formula is C28H39I3N4O9. The van der Waals surface area contributed by atoms with Gasteiger partial charge in [-0.25, -0.2) is 0 Å². The van der Waals surface area contributed by atoms with E-state index in [1.165, 1.54) is 4.90 Å². The van der Waals surface area contributed by atoms with Gasteiger partial charge in [0.15, 0.2) is 17.4 Å². The van der Waals surface area contributed by atoms with Crippen LogP contribution < -0.4 is 21.3 Å². The number of rotatable bonds is 10. The molecular weight excluding hydrogens is 917 g/mol. The highest BCUT2D eigenvalue weighted by Gasteiger charge is 2.39. The molecule has 4 rings (SSSR count). The Balaban J connectivity index is 1.71. The van der Waals surface area contributed by atoms with E-state index in [4.69, 9.17) is 34.2 Å². The van der Waals surface area contributed by atoms with E-state index in [1.807, 2.05) is 50.3 Å². The standard InChI is InChI=1S/C28H39I3N4O9/c1-26(2)39-11-14(42-26)8-33-24(37)18-20(29)19(25(38)34-9-15-12-40-27(3,4)43-15)22(31)23(21(18)30)35(17(36)7-32)10-16-13-41-28(5,6)44-16/h14-16H,7-13,32H2,1-6H3,(H,33,37)(H,34,38). The Bertz CT molecular complexity index is 1220. The summed E-state index contributed by atoms with van der Waals surface area (Å²) >= 11 is 6.12. The van der Waals surface area contributed by atoms with Crippen molar-refractivity contribution in [2.75, 3.05) is 50.9 Å². The predicted octanol–water partition coefficient (Wildman–Crippen LogP) is 2.71. The monoisotopic (exact) mass is 956 g/mol. The molecule has 3 fully saturated rings. The SMILES string of the molecule is CC1(C)OCC(CNC(=O)c2c(I)c(C(=O)NCC3COC(C)(C)O3)c(I)c(N(CC3COC(C)(C)O3)C(=O)CN)c2I)O1. The van der Waals surface area contributed by atoms with Crippen LogP contribution in [0.25, 0.3) is 0 Å². The quantitative estimate of drug-likeness (QED) is 0.298. The second kappa shape index (κ2) is 14.3. The highest BCUT2D eigenvalue weighted by Crippen LogP contribution is 2.39. The van der Waals surface area contributed by atoms with Crippen molar-refractivity contribution in [3.05, 3.63) is 21.8 Å². The van der Waals surface area contributed by atoms with E-state index < -0.39 is 41.2 Å². The predicted molar refractivity (Wildman–Crippen MR) is 185 cm³/mol. The molecule has 3 aliphatic heterocycles. The average Bonchev–Trinajstić information content (AvgIpc) is 3.58. The third kappa shape index (κ3) is 8.71. The average molecular weight is 956 g/mol. The number of anilines is 1. The second-order valence-electron chi connectivity index (χ2n) is 12.0. The fourth-order valence-electron chi connectivity index (χ4n) is 5.09. The van der Waals surface area contributed by atoms with E-state index >= 15 is 0 Å². The van der Waals surface area contributed by atoms with E-state index in [-0.39, 0.29) is 56.1 Å². The summed E-state index contributed by atoms with van der Waals surface area (Å²) in [4.78, 5) is 42.5. The lowest BCUT2D eigenvalue weighted by Gasteiger charge is -2.30. The first-order valence-electron chi connectivity index (χ1n) is 14.2. The summed E-state index contributed by atoms with van der Waals surface area (Å²) in [7, 11) is 0. The maximum atomic E-state index is 13.8. The van der Waals surface area contributed by atoms with Crippen molar-refractivity contribution in [3.63, 3.8) is 0 Å². The number of hydrogen-bond acceptors (Lipinski definition) is 10. The number of ether oxygens (including phenoxy) is 6. The van der Waals surface area contributed by atoms with Gasteiger partial charge in [0.05, 0.1) is 56.9 Å². The van der Waals surface area contributed by atoms with E-state index in [1.54, 1.807) is 13.8 Å². The fourth-order valence-corrected chi connectivity index (χ4v) is 9.82. The molecule has 4 N–H and O–H groups in total. The molecule has 1 aromatic rings. The summed E-state index contributed by atoms with van der Waals surface area (Å²) in [5.74, 6) is -3.54. The fraction of sp³-hybridized carbons (Fsp3) is 0.679. The van der Waals surface area contributed by atoms with Gasteiger partial charge in [-0.1, -0.05) is 0 Å². The van der Waals surface area contributed by atoms with Crippen molar-refractivity contribution in [2.45, 2.75) is 77.2 Å². The van der Waals surface area contributed by atoms with Crippen LogP contribution in [0.3, 0.4) is 0 Å². The second-order valence-corrected chi connectivity index (χ2v) is 15.3. The van der Waals surface area contributed by atoms with Crippen LogP contribution in [0, 0.1) is 10.7 Å². The number of nitrogens with one attached hydrogen (secondary N) is 2. The molecule has 0 aromatic heterocycles. The van der Waals surface area contributed by atoms with Gasteiger partial charge >= 0.3 is 0 Å². The number of halogens is 3. The lowest BCUT2D eigenvalue weighted by Crippen LogP contribution is -2.44. The van der Waals surface area contributed by atoms with Gasteiger partial charge in [0, 0.05) is 16.7 Å². The Hall–Kier alpha value is -0.460. The molecule has 3 heterocycles.